The van der Waals surface area contributed by atoms with Gasteiger partial charge in [-0.25, -0.2) is 0 Å². The predicted molar refractivity (Wildman–Crippen MR) is 98.2 cm³/mol. The van der Waals surface area contributed by atoms with Crippen LogP contribution in [0.3, 0.4) is 0 Å². The minimum absolute atomic E-state index is 0.00921. The van der Waals surface area contributed by atoms with Crippen molar-refractivity contribution in [2.24, 2.45) is 5.73 Å². The van der Waals surface area contributed by atoms with E-state index >= 15 is 0 Å². The molecule has 136 valence electrons. The number of hydrogen-bond donors (Lipinski definition) is 2. The number of guanidine groups is 1. The van der Waals surface area contributed by atoms with Crippen LogP contribution >= 0.6 is 11.6 Å². The lowest BCUT2D eigenvalue weighted by Crippen LogP contribution is -2.42. The molecule has 0 unspecified atom stereocenters. The summed E-state index contributed by atoms with van der Waals surface area (Å²) < 4.78 is 27.3. The maximum absolute atomic E-state index is 12.9. The number of halogens is 1. The van der Waals surface area contributed by atoms with Gasteiger partial charge in [0.1, 0.15) is 0 Å². The van der Waals surface area contributed by atoms with Crippen LogP contribution < -0.4 is 5.73 Å². The van der Waals surface area contributed by atoms with Crippen LogP contribution in [0.2, 0.25) is 5.02 Å². The minimum Gasteiger partial charge on any atom is -0.368 e. The normalized spacial score (nSPS) is 11.8. The smallest absolute Gasteiger partial charge is 0.286 e. The fraction of sp³-hybridized carbons (Fsp3) is 0.0625. The van der Waals surface area contributed by atoms with E-state index in [1.165, 1.54) is 18.5 Å². The molecule has 0 saturated carbocycles. The number of nitrogens with two attached hydrogens (primary N) is 1. The summed E-state index contributed by atoms with van der Waals surface area (Å²) in [4.78, 5) is 16.8. The zero-order chi connectivity index (χ0) is 19.3. The Morgan fingerprint density at radius 1 is 1.31 bits per heavy atom. The highest BCUT2D eigenvalue weighted by atomic mass is 35.5. The first-order chi connectivity index (χ1) is 12.2. The molecule has 1 aromatic heterocycles. The van der Waals surface area contributed by atoms with E-state index in [4.69, 9.17) is 22.7 Å². The van der Waals surface area contributed by atoms with Gasteiger partial charge in [0.2, 0.25) is 5.96 Å². The second kappa shape index (κ2) is 8.09. The molecule has 26 heavy (non-hydrogen) atoms. The molecule has 2 rings (SSSR count). The van der Waals surface area contributed by atoms with Gasteiger partial charge in [-0.3, -0.25) is 15.2 Å². The van der Waals surface area contributed by atoms with Crippen LogP contribution in [0.15, 0.2) is 48.8 Å². The Labute approximate surface area is 155 Å². The number of nitrogens with zero attached hydrogens (tertiary/aromatic N) is 2. The average Bonchev–Trinajstić information content (AvgIpc) is 2.58. The molecule has 3 N–H and O–H groups in total. The molecular formula is C16H15ClN4O4S. The number of hydrogen-bond acceptors (Lipinski definition) is 6. The summed E-state index contributed by atoms with van der Waals surface area (Å²) in [5.74, 6) is -1.86. The van der Waals surface area contributed by atoms with Gasteiger partial charge in [-0.05, 0) is 23.8 Å². The van der Waals surface area contributed by atoms with Crippen LogP contribution in [0.4, 0.5) is 0 Å². The van der Waals surface area contributed by atoms with Crippen molar-refractivity contribution in [3.8, 4) is 0 Å². The fourth-order valence-corrected chi connectivity index (χ4v) is 2.58. The molecule has 0 atom stereocenters. The standard InChI is InChI=1S/C16H15ClN4O4S/c1-26(23,24)25-21(16(18)19)15(22)13(12-6-4-8-20-10-12)9-11-5-2-3-7-14(11)17/h2-10H,1H3,(H3,18,19)/b13-9+. The summed E-state index contributed by atoms with van der Waals surface area (Å²) in [6.07, 6.45) is 5.08. The molecule has 1 aromatic carbocycles. The van der Waals surface area contributed by atoms with Gasteiger partial charge in [-0.15, -0.1) is 9.35 Å². The van der Waals surface area contributed by atoms with Crippen molar-refractivity contribution in [2.45, 2.75) is 0 Å². The number of nitrogens with one attached hydrogen (secondary N) is 1. The highest BCUT2D eigenvalue weighted by Crippen LogP contribution is 2.24. The Kier molecular flexibility index (Phi) is 6.09. The maximum Gasteiger partial charge on any atom is 0.286 e. The number of benzene rings is 1. The third-order valence-corrected chi connectivity index (χ3v) is 3.79. The summed E-state index contributed by atoms with van der Waals surface area (Å²) in [6.45, 7) is 0. The van der Waals surface area contributed by atoms with Crippen molar-refractivity contribution in [1.29, 1.82) is 5.41 Å². The molecule has 1 amide bonds. The Morgan fingerprint density at radius 3 is 2.54 bits per heavy atom. The zero-order valence-corrected chi connectivity index (χ0v) is 15.2. The Morgan fingerprint density at radius 2 is 2.00 bits per heavy atom. The van der Waals surface area contributed by atoms with Gasteiger partial charge < -0.3 is 5.73 Å². The van der Waals surface area contributed by atoms with Gasteiger partial charge >= 0.3 is 0 Å². The van der Waals surface area contributed by atoms with E-state index in [1.54, 1.807) is 36.4 Å². The zero-order valence-electron chi connectivity index (χ0n) is 13.6. The summed E-state index contributed by atoms with van der Waals surface area (Å²) >= 11 is 6.13. The number of carbonyl (C=O) groups is 1. The molecule has 0 aliphatic rings. The summed E-state index contributed by atoms with van der Waals surface area (Å²) in [6, 6.07) is 9.93. The van der Waals surface area contributed by atoms with E-state index in [2.05, 4.69) is 9.27 Å². The third-order valence-electron chi connectivity index (χ3n) is 3.02. The van der Waals surface area contributed by atoms with Crippen LogP contribution in [0.1, 0.15) is 11.1 Å². The van der Waals surface area contributed by atoms with Gasteiger partial charge in [0, 0.05) is 23.0 Å². The molecule has 0 fully saturated rings. The van der Waals surface area contributed by atoms with Gasteiger partial charge in [0.25, 0.3) is 16.0 Å². The fourth-order valence-electron chi connectivity index (χ4n) is 1.97. The van der Waals surface area contributed by atoms with E-state index in [0.29, 0.717) is 16.1 Å². The molecule has 0 radical (unpaired) electrons. The molecule has 1 heterocycles. The van der Waals surface area contributed by atoms with E-state index < -0.39 is 22.0 Å². The third kappa shape index (κ3) is 5.12. The first-order valence-electron chi connectivity index (χ1n) is 7.13. The van der Waals surface area contributed by atoms with Crippen LogP contribution in [0.25, 0.3) is 11.6 Å². The lowest BCUT2D eigenvalue weighted by molar-refractivity contribution is -0.137. The number of pyridine rings is 1. The molecule has 0 aliphatic carbocycles. The second-order valence-electron chi connectivity index (χ2n) is 5.08. The molecule has 10 heteroatoms. The summed E-state index contributed by atoms with van der Waals surface area (Å²) in [5.41, 5.74) is 6.17. The molecule has 0 spiro atoms. The molecular weight excluding hydrogens is 380 g/mol. The van der Waals surface area contributed by atoms with Crippen molar-refractivity contribution in [1.82, 2.24) is 10.0 Å². The quantitative estimate of drug-likeness (QED) is 0.345. The van der Waals surface area contributed by atoms with E-state index in [1.807, 2.05) is 0 Å². The van der Waals surface area contributed by atoms with Crippen LogP contribution in [0, 0.1) is 5.41 Å². The van der Waals surface area contributed by atoms with E-state index in [9.17, 15) is 13.2 Å². The van der Waals surface area contributed by atoms with Crippen LogP contribution in [-0.4, -0.2) is 36.6 Å². The number of aromatic nitrogens is 1. The average molecular weight is 395 g/mol. The lowest BCUT2D eigenvalue weighted by atomic mass is 10.0. The number of rotatable bonds is 5. The maximum atomic E-state index is 12.9. The largest absolute Gasteiger partial charge is 0.368 e. The van der Waals surface area contributed by atoms with Crippen molar-refractivity contribution < 1.29 is 17.5 Å². The monoisotopic (exact) mass is 394 g/mol. The Balaban J connectivity index is 2.58. The molecule has 8 nitrogen and oxygen atoms in total. The number of amides is 1. The van der Waals surface area contributed by atoms with Gasteiger partial charge in [-0.2, -0.15) is 8.42 Å². The predicted octanol–water partition coefficient (Wildman–Crippen LogP) is 1.89. The van der Waals surface area contributed by atoms with Crippen LogP contribution in [-0.2, 0) is 19.2 Å². The first-order valence-corrected chi connectivity index (χ1v) is 9.33. The van der Waals surface area contributed by atoms with E-state index in [-0.39, 0.29) is 10.6 Å². The molecule has 0 aliphatic heterocycles. The topological polar surface area (TPSA) is 126 Å². The first kappa shape index (κ1) is 19.6. The van der Waals surface area contributed by atoms with Gasteiger partial charge in [-0.1, -0.05) is 35.9 Å². The summed E-state index contributed by atoms with van der Waals surface area (Å²) in [5, 5.41) is 8.02. The molecule has 2 aromatic rings. The number of hydroxylamine groups is 2. The van der Waals surface area contributed by atoms with Crippen molar-refractivity contribution in [2.75, 3.05) is 6.26 Å². The SMILES string of the molecule is CS(=O)(=O)ON(C(=N)N)C(=O)/C(=C/c1ccccc1Cl)c1cccnc1. The Hall–Kier alpha value is -2.75. The van der Waals surface area contributed by atoms with Crippen LogP contribution in [0.5, 0.6) is 0 Å². The van der Waals surface area contributed by atoms with Crippen molar-refractivity contribution in [3.63, 3.8) is 0 Å². The van der Waals surface area contributed by atoms with Gasteiger partial charge in [0.05, 0.1) is 11.8 Å². The minimum atomic E-state index is -4.09. The molecule has 0 bridgehead atoms. The van der Waals surface area contributed by atoms with Crippen molar-refractivity contribution >= 4 is 45.2 Å². The second-order valence-corrected chi connectivity index (χ2v) is 7.05. The molecule has 0 saturated heterocycles. The number of carbonyl (C=O) groups excluding carboxylic acids is 1. The Bertz CT molecular complexity index is 961. The lowest BCUT2D eigenvalue weighted by Gasteiger charge is -2.19. The summed E-state index contributed by atoms with van der Waals surface area (Å²) in [7, 11) is -4.09. The highest BCUT2D eigenvalue weighted by molar-refractivity contribution is 7.85. The van der Waals surface area contributed by atoms with E-state index in [0.717, 1.165) is 6.26 Å². The van der Waals surface area contributed by atoms with Crippen molar-refractivity contribution in [3.05, 3.63) is 64.9 Å². The van der Waals surface area contributed by atoms with Gasteiger partial charge in [0.15, 0.2) is 0 Å². The highest BCUT2D eigenvalue weighted by Gasteiger charge is 2.27.